The standard InChI is InChI=1S/C25H30N2O3/c1-2-26-14-6-9-21(26)17-27(16-19-10-11-22-23(15-19)30-18-29-22)24(28)25(12-13-25)20-7-4-3-5-8-20/h3-5,7-8,10-11,15,21H,2,6,9,12-14,16-18H2,1H3/p+1/t21-/m0/s1. The van der Waals surface area contributed by atoms with Crippen LogP contribution in [0.1, 0.15) is 43.7 Å². The molecule has 2 aromatic carbocycles. The number of carbonyl (C=O) groups is 1. The first-order valence-electron chi connectivity index (χ1n) is 11.3. The van der Waals surface area contributed by atoms with Gasteiger partial charge in [-0.05, 0) is 43.0 Å². The van der Waals surface area contributed by atoms with Crippen LogP contribution in [0.3, 0.4) is 0 Å². The largest absolute Gasteiger partial charge is 0.454 e. The predicted molar refractivity (Wildman–Crippen MR) is 115 cm³/mol. The highest BCUT2D eigenvalue weighted by Gasteiger charge is 2.53. The van der Waals surface area contributed by atoms with Crippen molar-refractivity contribution in [3.05, 3.63) is 59.7 Å². The van der Waals surface area contributed by atoms with Crippen LogP contribution in [0.15, 0.2) is 48.5 Å². The van der Waals surface area contributed by atoms with E-state index in [2.05, 4.69) is 30.0 Å². The molecule has 5 nitrogen and oxygen atoms in total. The molecule has 1 aliphatic carbocycles. The van der Waals surface area contributed by atoms with Crippen LogP contribution in [-0.2, 0) is 16.8 Å². The van der Waals surface area contributed by atoms with Gasteiger partial charge in [0, 0.05) is 19.4 Å². The molecule has 0 aromatic heterocycles. The van der Waals surface area contributed by atoms with Gasteiger partial charge in [0.05, 0.1) is 25.0 Å². The number of fused-ring (bicyclic) bond motifs is 1. The van der Waals surface area contributed by atoms with Gasteiger partial charge in [0.2, 0.25) is 12.7 Å². The minimum absolute atomic E-state index is 0.273. The Kier molecular flexibility index (Phi) is 5.15. The van der Waals surface area contributed by atoms with Crippen molar-refractivity contribution in [3.8, 4) is 11.5 Å². The fraction of sp³-hybridized carbons (Fsp3) is 0.480. The number of quaternary nitrogens is 1. The zero-order chi connectivity index (χ0) is 20.6. The van der Waals surface area contributed by atoms with Crippen molar-refractivity contribution in [2.75, 3.05) is 26.4 Å². The summed E-state index contributed by atoms with van der Waals surface area (Å²) >= 11 is 0. The van der Waals surface area contributed by atoms with Crippen molar-refractivity contribution in [3.63, 3.8) is 0 Å². The first kappa shape index (κ1) is 19.4. The predicted octanol–water partition coefficient (Wildman–Crippen LogP) is 2.54. The Balaban J connectivity index is 1.41. The van der Waals surface area contributed by atoms with Crippen molar-refractivity contribution in [2.24, 2.45) is 0 Å². The van der Waals surface area contributed by atoms with Gasteiger partial charge in [-0.1, -0.05) is 36.4 Å². The van der Waals surface area contributed by atoms with Crippen LogP contribution in [0, 0.1) is 0 Å². The number of nitrogens with zero attached hydrogens (tertiary/aromatic N) is 1. The first-order valence-corrected chi connectivity index (χ1v) is 11.3. The summed E-state index contributed by atoms with van der Waals surface area (Å²) in [6, 6.07) is 16.9. The highest BCUT2D eigenvalue weighted by atomic mass is 16.7. The summed E-state index contributed by atoms with van der Waals surface area (Å²) < 4.78 is 11.0. The molecule has 2 atom stereocenters. The third kappa shape index (κ3) is 3.56. The maximum Gasteiger partial charge on any atom is 0.233 e. The number of likely N-dealkylation sites (N-methyl/N-ethyl adjacent to an activating group) is 1. The average molecular weight is 408 g/mol. The molecule has 2 aliphatic heterocycles. The van der Waals surface area contributed by atoms with Crippen molar-refractivity contribution >= 4 is 5.91 Å². The molecule has 158 valence electrons. The summed E-state index contributed by atoms with van der Waals surface area (Å²) in [5, 5.41) is 0. The van der Waals surface area contributed by atoms with E-state index in [4.69, 9.17) is 9.47 Å². The summed E-state index contributed by atoms with van der Waals surface area (Å²) in [7, 11) is 0. The van der Waals surface area contributed by atoms with Crippen LogP contribution in [0.2, 0.25) is 0 Å². The van der Waals surface area contributed by atoms with Crippen molar-refractivity contribution in [2.45, 2.75) is 50.6 Å². The van der Waals surface area contributed by atoms with E-state index in [0.29, 0.717) is 12.6 Å². The number of carbonyl (C=O) groups excluding carboxylic acids is 1. The van der Waals surface area contributed by atoms with E-state index in [1.807, 2.05) is 30.3 Å². The second-order valence-corrected chi connectivity index (χ2v) is 8.92. The van der Waals surface area contributed by atoms with Crippen molar-refractivity contribution < 1.29 is 19.2 Å². The minimum atomic E-state index is -0.331. The number of rotatable bonds is 7. The summed E-state index contributed by atoms with van der Waals surface area (Å²) in [6.07, 6.45) is 4.35. The van der Waals surface area contributed by atoms with E-state index in [0.717, 1.165) is 48.6 Å². The lowest BCUT2D eigenvalue weighted by molar-refractivity contribution is -0.909. The minimum Gasteiger partial charge on any atom is -0.454 e. The van der Waals surface area contributed by atoms with Crippen LogP contribution in [0.4, 0.5) is 0 Å². The Bertz CT molecular complexity index is 910. The van der Waals surface area contributed by atoms with E-state index < -0.39 is 0 Å². The topological polar surface area (TPSA) is 43.2 Å². The third-order valence-corrected chi connectivity index (χ3v) is 7.11. The Morgan fingerprint density at radius 3 is 2.70 bits per heavy atom. The lowest BCUT2D eigenvalue weighted by Crippen LogP contribution is -3.14. The molecule has 1 saturated heterocycles. The smallest absolute Gasteiger partial charge is 0.233 e. The third-order valence-electron chi connectivity index (χ3n) is 7.11. The second-order valence-electron chi connectivity index (χ2n) is 8.92. The van der Waals surface area contributed by atoms with Gasteiger partial charge in [0.1, 0.15) is 6.04 Å². The number of amides is 1. The maximum absolute atomic E-state index is 13.9. The molecule has 1 amide bonds. The Labute approximate surface area is 178 Å². The Morgan fingerprint density at radius 1 is 1.13 bits per heavy atom. The lowest BCUT2D eigenvalue weighted by Gasteiger charge is -2.31. The van der Waals surface area contributed by atoms with Gasteiger partial charge in [-0.25, -0.2) is 0 Å². The highest BCUT2D eigenvalue weighted by Crippen LogP contribution is 2.49. The van der Waals surface area contributed by atoms with Gasteiger partial charge in [0.15, 0.2) is 11.5 Å². The van der Waals surface area contributed by atoms with Gasteiger partial charge < -0.3 is 19.3 Å². The molecule has 2 fully saturated rings. The van der Waals surface area contributed by atoms with E-state index in [1.165, 1.54) is 19.4 Å². The summed E-state index contributed by atoms with van der Waals surface area (Å²) in [5.41, 5.74) is 1.94. The molecule has 5 rings (SSSR count). The molecule has 0 bridgehead atoms. The monoisotopic (exact) mass is 407 g/mol. The molecular weight excluding hydrogens is 376 g/mol. The summed E-state index contributed by atoms with van der Waals surface area (Å²) in [5.74, 6) is 1.86. The van der Waals surface area contributed by atoms with Crippen LogP contribution in [0.5, 0.6) is 11.5 Å². The van der Waals surface area contributed by atoms with Crippen LogP contribution in [0.25, 0.3) is 0 Å². The molecule has 5 heteroatoms. The molecule has 3 aliphatic rings. The number of hydrogen-bond donors (Lipinski definition) is 1. The lowest BCUT2D eigenvalue weighted by atomic mass is 9.93. The van der Waals surface area contributed by atoms with E-state index in [-0.39, 0.29) is 18.1 Å². The normalized spacial score (nSPS) is 23.4. The van der Waals surface area contributed by atoms with Gasteiger partial charge in [-0.2, -0.15) is 0 Å². The number of hydrogen-bond acceptors (Lipinski definition) is 3. The quantitative estimate of drug-likeness (QED) is 0.767. The SMILES string of the molecule is CC[NH+]1CCC[C@H]1CN(Cc1ccc2c(c1)OCO2)C(=O)C1(c2ccccc2)CC1. The number of nitrogens with one attached hydrogen (secondary N) is 1. The van der Waals surface area contributed by atoms with Crippen molar-refractivity contribution in [1.82, 2.24) is 4.90 Å². The molecule has 0 spiro atoms. The molecular formula is C25H31N2O3+. The Morgan fingerprint density at radius 2 is 1.93 bits per heavy atom. The van der Waals surface area contributed by atoms with E-state index in [1.54, 1.807) is 4.90 Å². The summed E-state index contributed by atoms with van der Waals surface area (Å²) in [6.45, 7) is 6.32. The van der Waals surface area contributed by atoms with Gasteiger partial charge in [-0.15, -0.1) is 0 Å². The molecule has 1 unspecified atom stereocenters. The zero-order valence-electron chi connectivity index (χ0n) is 17.7. The molecule has 1 N–H and O–H groups in total. The number of benzene rings is 2. The maximum atomic E-state index is 13.9. The highest BCUT2D eigenvalue weighted by molar-refractivity contribution is 5.91. The zero-order valence-corrected chi connectivity index (χ0v) is 17.7. The van der Waals surface area contributed by atoms with Crippen molar-refractivity contribution in [1.29, 1.82) is 0 Å². The molecule has 30 heavy (non-hydrogen) atoms. The molecule has 2 heterocycles. The fourth-order valence-electron chi connectivity index (χ4n) is 5.23. The molecule has 1 saturated carbocycles. The number of likely N-dealkylation sites (tertiary alicyclic amines) is 1. The summed E-state index contributed by atoms with van der Waals surface area (Å²) in [4.78, 5) is 17.7. The van der Waals surface area contributed by atoms with Gasteiger partial charge in [0.25, 0.3) is 0 Å². The molecule has 0 radical (unpaired) electrons. The van der Waals surface area contributed by atoms with Gasteiger partial charge in [-0.3, -0.25) is 4.79 Å². The van der Waals surface area contributed by atoms with Crippen LogP contribution >= 0.6 is 0 Å². The first-order chi connectivity index (χ1) is 14.7. The second kappa shape index (κ2) is 7.95. The fourth-order valence-corrected chi connectivity index (χ4v) is 5.23. The van der Waals surface area contributed by atoms with E-state index in [9.17, 15) is 4.79 Å². The van der Waals surface area contributed by atoms with E-state index >= 15 is 0 Å². The average Bonchev–Trinajstić information content (AvgIpc) is 3.24. The van der Waals surface area contributed by atoms with Gasteiger partial charge >= 0.3 is 0 Å². The molecule has 2 aromatic rings. The van der Waals surface area contributed by atoms with Crippen LogP contribution < -0.4 is 14.4 Å². The Hall–Kier alpha value is -2.53. The number of ether oxygens (including phenoxy) is 2. The van der Waals surface area contributed by atoms with Crippen LogP contribution in [-0.4, -0.2) is 43.3 Å².